The zero-order chi connectivity index (χ0) is 15.1. The first kappa shape index (κ1) is 15.7. The van der Waals surface area contributed by atoms with Crippen LogP contribution in [0.15, 0.2) is 54.6 Å². The van der Waals surface area contributed by atoms with Crippen molar-refractivity contribution in [1.29, 1.82) is 0 Å². The summed E-state index contributed by atoms with van der Waals surface area (Å²) in [7, 11) is 0. The van der Waals surface area contributed by atoms with Crippen LogP contribution in [0.25, 0.3) is 11.1 Å². The van der Waals surface area contributed by atoms with E-state index in [4.69, 9.17) is 4.74 Å². The molecule has 2 heteroatoms. The van der Waals surface area contributed by atoms with Crippen LogP contribution < -0.4 is 5.32 Å². The van der Waals surface area contributed by atoms with Gasteiger partial charge in [-0.25, -0.2) is 0 Å². The molecule has 0 fully saturated rings. The van der Waals surface area contributed by atoms with Gasteiger partial charge in [0.2, 0.25) is 0 Å². The highest BCUT2D eigenvalue weighted by atomic mass is 16.5. The minimum Gasteiger partial charge on any atom is -0.380 e. The van der Waals surface area contributed by atoms with Crippen molar-refractivity contribution in [2.45, 2.75) is 32.9 Å². The van der Waals surface area contributed by atoms with Gasteiger partial charge in [0.25, 0.3) is 0 Å². The van der Waals surface area contributed by atoms with Gasteiger partial charge in [-0.2, -0.15) is 0 Å². The van der Waals surface area contributed by atoms with E-state index in [9.17, 15) is 0 Å². The van der Waals surface area contributed by atoms with Gasteiger partial charge in [-0.05, 0) is 37.5 Å². The smallest absolute Gasteiger partial charge is 0.0616 e. The number of hydrogen-bond acceptors (Lipinski definition) is 2. The van der Waals surface area contributed by atoms with Crippen molar-refractivity contribution in [3.05, 3.63) is 60.2 Å². The lowest BCUT2D eigenvalue weighted by molar-refractivity contribution is 0.124. The van der Waals surface area contributed by atoms with Crippen LogP contribution in [0.3, 0.4) is 0 Å². The maximum absolute atomic E-state index is 5.45. The molecule has 1 N–H and O–H groups in total. The van der Waals surface area contributed by atoms with Gasteiger partial charge >= 0.3 is 0 Å². The molecule has 0 aromatic heterocycles. The van der Waals surface area contributed by atoms with E-state index in [-0.39, 0.29) is 0 Å². The van der Waals surface area contributed by atoms with Crippen LogP contribution >= 0.6 is 0 Å². The first-order valence-electron chi connectivity index (χ1n) is 7.70. The van der Waals surface area contributed by atoms with Crippen molar-refractivity contribution < 1.29 is 4.74 Å². The van der Waals surface area contributed by atoms with Crippen LogP contribution in [0.2, 0.25) is 0 Å². The molecule has 2 atom stereocenters. The Labute approximate surface area is 128 Å². The minimum atomic E-state index is 0.324. The minimum absolute atomic E-state index is 0.324. The van der Waals surface area contributed by atoms with Crippen molar-refractivity contribution in [2.75, 3.05) is 13.2 Å². The van der Waals surface area contributed by atoms with E-state index in [0.717, 1.165) is 13.2 Å². The molecular formula is C19H25NO. The third-order valence-electron chi connectivity index (χ3n) is 3.62. The van der Waals surface area contributed by atoms with Gasteiger partial charge in [0, 0.05) is 18.7 Å². The summed E-state index contributed by atoms with van der Waals surface area (Å²) < 4.78 is 5.45. The fraction of sp³-hybridized carbons (Fsp3) is 0.368. The van der Waals surface area contributed by atoms with Crippen LogP contribution in [0.4, 0.5) is 0 Å². The fourth-order valence-electron chi connectivity index (χ4n) is 2.46. The maximum Gasteiger partial charge on any atom is 0.0616 e. The van der Waals surface area contributed by atoms with Crippen LogP contribution in [0.5, 0.6) is 0 Å². The Hall–Kier alpha value is -1.64. The van der Waals surface area contributed by atoms with Gasteiger partial charge in [0.15, 0.2) is 0 Å². The normalized spacial score (nSPS) is 13.9. The SMILES string of the molecule is CCOCC(C)NC(C)c1ccc(-c2ccccc2)cc1. The highest BCUT2D eigenvalue weighted by Crippen LogP contribution is 2.21. The highest BCUT2D eigenvalue weighted by Gasteiger charge is 2.09. The fourth-order valence-corrected chi connectivity index (χ4v) is 2.46. The van der Waals surface area contributed by atoms with Gasteiger partial charge in [0.05, 0.1) is 6.61 Å². The Kier molecular flexibility index (Phi) is 5.97. The molecule has 2 aromatic carbocycles. The molecule has 0 aliphatic carbocycles. The number of nitrogens with one attached hydrogen (secondary N) is 1. The van der Waals surface area contributed by atoms with E-state index in [1.54, 1.807) is 0 Å². The number of ether oxygens (including phenoxy) is 1. The molecular weight excluding hydrogens is 258 g/mol. The molecule has 2 rings (SSSR count). The first-order chi connectivity index (χ1) is 10.2. The number of rotatable bonds is 7. The summed E-state index contributed by atoms with van der Waals surface area (Å²) in [5.74, 6) is 0. The zero-order valence-corrected chi connectivity index (χ0v) is 13.2. The molecule has 2 aromatic rings. The second kappa shape index (κ2) is 7.96. The zero-order valence-electron chi connectivity index (χ0n) is 13.2. The van der Waals surface area contributed by atoms with Crippen molar-refractivity contribution >= 4 is 0 Å². The summed E-state index contributed by atoms with van der Waals surface area (Å²) in [5.41, 5.74) is 3.82. The van der Waals surface area contributed by atoms with Gasteiger partial charge in [-0.1, -0.05) is 54.6 Å². The molecule has 0 aliphatic heterocycles. The van der Waals surface area contributed by atoms with Crippen molar-refractivity contribution in [3.8, 4) is 11.1 Å². The Bertz CT molecular complexity index is 521. The summed E-state index contributed by atoms with van der Waals surface area (Å²) in [4.78, 5) is 0. The van der Waals surface area contributed by atoms with Crippen LogP contribution in [-0.2, 0) is 4.74 Å². The summed E-state index contributed by atoms with van der Waals surface area (Å²) in [6, 6.07) is 19.9. The summed E-state index contributed by atoms with van der Waals surface area (Å²) in [6.07, 6.45) is 0. The molecule has 2 unspecified atom stereocenters. The summed E-state index contributed by atoms with van der Waals surface area (Å²) in [6.45, 7) is 7.90. The number of benzene rings is 2. The number of hydrogen-bond donors (Lipinski definition) is 1. The van der Waals surface area contributed by atoms with Crippen molar-refractivity contribution in [2.24, 2.45) is 0 Å². The van der Waals surface area contributed by atoms with E-state index in [1.807, 2.05) is 13.0 Å². The Balaban J connectivity index is 1.98. The summed E-state index contributed by atoms with van der Waals surface area (Å²) >= 11 is 0. The third kappa shape index (κ3) is 4.69. The molecule has 21 heavy (non-hydrogen) atoms. The van der Waals surface area contributed by atoms with E-state index in [1.165, 1.54) is 16.7 Å². The lowest BCUT2D eigenvalue weighted by Gasteiger charge is -2.20. The van der Waals surface area contributed by atoms with E-state index in [0.29, 0.717) is 12.1 Å². The molecule has 0 heterocycles. The largest absolute Gasteiger partial charge is 0.380 e. The molecule has 0 spiro atoms. The van der Waals surface area contributed by atoms with Crippen LogP contribution in [0.1, 0.15) is 32.4 Å². The first-order valence-corrected chi connectivity index (χ1v) is 7.70. The van der Waals surface area contributed by atoms with Gasteiger partial charge in [0.1, 0.15) is 0 Å². The second-order valence-corrected chi connectivity index (χ2v) is 5.44. The van der Waals surface area contributed by atoms with Gasteiger partial charge in [-0.3, -0.25) is 0 Å². The molecule has 0 radical (unpaired) electrons. The lowest BCUT2D eigenvalue weighted by atomic mass is 10.0. The molecule has 0 saturated carbocycles. The van der Waals surface area contributed by atoms with Gasteiger partial charge in [-0.15, -0.1) is 0 Å². The standard InChI is InChI=1S/C19H25NO/c1-4-21-14-15(2)20-16(3)17-10-12-19(13-11-17)18-8-6-5-7-9-18/h5-13,15-16,20H,4,14H2,1-3H3. The lowest BCUT2D eigenvalue weighted by Crippen LogP contribution is -2.32. The monoisotopic (exact) mass is 283 g/mol. The quantitative estimate of drug-likeness (QED) is 0.811. The molecule has 0 aliphatic rings. The Morgan fingerprint density at radius 2 is 1.52 bits per heavy atom. The molecule has 0 bridgehead atoms. The molecule has 2 nitrogen and oxygen atoms in total. The molecule has 112 valence electrons. The average Bonchev–Trinajstić information content (AvgIpc) is 2.54. The van der Waals surface area contributed by atoms with E-state index >= 15 is 0 Å². The van der Waals surface area contributed by atoms with Gasteiger partial charge < -0.3 is 10.1 Å². The van der Waals surface area contributed by atoms with E-state index < -0.39 is 0 Å². The summed E-state index contributed by atoms with van der Waals surface area (Å²) in [5, 5.41) is 3.57. The van der Waals surface area contributed by atoms with Crippen molar-refractivity contribution in [3.63, 3.8) is 0 Å². The topological polar surface area (TPSA) is 21.3 Å². The Morgan fingerprint density at radius 3 is 2.14 bits per heavy atom. The van der Waals surface area contributed by atoms with Crippen LogP contribution in [0, 0.1) is 0 Å². The molecule has 0 saturated heterocycles. The highest BCUT2D eigenvalue weighted by molar-refractivity contribution is 5.63. The predicted molar refractivity (Wildman–Crippen MR) is 89.4 cm³/mol. The van der Waals surface area contributed by atoms with E-state index in [2.05, 4.69) is 67.7 Å². The predicted octanol–water partition coefficient (Wildman–Crippen LogP) is 4.43. The molecule has 0 amide bonds. The van der Waals surface area contributed by atoms with Crippen LogP contribution in [-0.4, -0.2) is 19.3 Å². The van der Waals surface area contributed by atoms with Crippen molar-refractivity contribution in [1.82, 2.24) is 5.32 Å². The second-order valence-electron chi connectivity index (χ2n) is 5.44. The Morgan fingerprint density at radius 1 is 0.905 bits per heavy atom. The average molecular weight is 283 g/mol. The third-order valence-corrected chi connectivity index (χ3v) is 3.62. The maximum atomic E-state index is 5.45.